The van der Waals surface area contributed by atoms with Crippen LogP contribution in [0.25, 0.3) is 0 Å². The third-order valence-electron chi connectivity index (χ3n) is 5.57. The Morgan fingerprint density at radius 3 is 2.28 bits per heavy atom. The number of anilines is 1. The first-order chi connectivity index (χ1) is 14.3. The number of ether oxygens (including phenoxy) is 1. The van der Waals surface area contributed by atoms with Gasteiger partial charge in [0, 0.05) is 5.92 Å². The van der Waals surface area contributed by atoms with Gasteiger partial charge < -0.3 is 4.74 Å². The Hall–Kier alpha value is -3.84. The van der Waals surface area contributed by atoms with Crippen LogP contribution in [0, 0.1) is 17.2 Å². The number of nitriles is 1. The van der Waals surface area contributed by atoms with E-state index < -0.39 is 5.92 Å². The van der Waals surface area contributed by atoms with Gasteiger partial charge in [-0.15, -0.1) is 0 Å². The molecular weight excluding hydrogens is 360 g/mol. The van der Waals surface area contributed by atoms with Crippen molar-refractivity contribution in [2.75, 3.05) is 4.90 Å². The topological polar surface area (TPSA) is 53.3 Å². The normalized spacial score (nSPS) is 20.0. The molecule has 0 saturated carbocycles. The molecule has 0 bridgehead atoms. The van der Waals surface area contributed by atoms with Crippen LogP contribution in [0.1, 0.15) is 17.0 Å². The summed E-state index contributed by atoms with van der Waals surface area (Å²) in [4.78, 5) is 15.3. The summed E-state index contributed by atoms with van der Waals surface area (Å²) in [6.07, 6.45) is 0.552. The van der Waals surface area contributed by atoms with Gasteiger partial charge in [0.25, 0.3) is 0 Å². The number of nitrogens with zero attached hydrogens (tertiary/aromatic N) is 2. The maximum Gasteiger partial charge on any atom is 0.238 e. The molecule has 2 aliphatic rings. The summed E-state index contributed by atoms with van der Waals surface area (Å²) in [5, 5.41) is 10.1. The Labute approximate surface area is 169 Å². The molecule has 0 unspecified atom stereocenters. The van der Waals surface area contributed by atoms with E-state index in [4.69, 9.17) is 4.74 Å². The quantitative estimate of drug-likeness (QED) is 0.658. The van der Waals surface area contributed by atoms with Crippen LogP contribution in [0.3, 0.4) is 0 Å². The Balaban J connectivity index is 1.69. The Morgan fingerprint density at radius 1 is 0.897 bits per heavy atom. The third-order valence-corrected chi connectivity index (χ3v) is 5.57. The van der Waals surface area contributed by atoms with Gasteiger partial charge in [-0.05, 0) is 29.7 Å². The van der Waals surface area contributed by atoms with Gasteiger partial charge >= 0.3 is 0 Å². The molecule has 0 spiro atoms. The second-order valence-corrected chi connectivity index (χ2v) is 7.26. The first-order valence-electron chi connectivity index (χ1n) is 9.62. The lowest BCUT2D eigenvalue weighted by molar-refractivity contribution is -0.123. The zero-order valence-corrected chi connectivity index (χ0v) is 15.7. The van der Waals surface area contributed by atoms with E-state index in [2.05, 4.69) is 6.07 Å². The van der Waals surface area contributed by atoms with Gasteiger partial charge in [-0.1, -0.05) is 72.8 Å². The zero-order chi connectivity index (χ0) is 19.8. The number of fused-ring (bicyclic) bond motifs is 3. The van der Waals surface area contributed by atoms with Crippen molar-refractivity contribution < 1.29 is 9.53 Å². The standard InChI is InChI=1S/C25H18N2O2/c26-16-20-23(18-11-5-2-6-12-18)19(15-17-9-3-1-4-10-17)24(28)27-21-13-7-8-14-22(21)29-25(20)27/h1-14,19,23H,15H2/t19-,23+/m1/s1. The van der Waals surface area contributed by atoms with Crippen LogP contribution >= 0.6 is 0 Å². The van der Waals surface area contributed by atoms with Crippen molar-refractivity contribution in [3.63, 3.8) is 0 Å². The number of hydrogen-bond donors (Lipinski definition) is 0. The van der Waals surface area contributed by atoms with Gasteiger partial charge in [0.15, 0.2) is 5.75 Å². The van der Waals surface area contributed by atoms with E-state index in [1.807, 2.05) is 84.9 Å². The number of allylic oxidation sites excluding steroid dienone is 1. The van der Waals surface area contributed by atoms with Gasteiger partial charge in [-0.2, -0.15) is 5.26 Å². The molecule has 0 fully saturated rings. The molecule has 0 aliphatic carbocycles. The van der Waals surface area contributed by atoms with E-state index in [0.717, 1.165) is 11.1 Å². The van der Waals surface area contributed by atoms with Gasteiger partial charge in [0.2, 0.25) is 11.8 Å². The van der Waals surface area contributed by atoms with E-state index in [1.54, 1.807) is 4.90 Å². The Morgan fingerprint density at radius 2 is 1.55 bits per heavy atom. The lowest BCUT2D eigenvalue weighted by atomic mass is 9.75. The minimum Gasteiger partial charge on any atom is -0.437 e. The fraction of sp³-hybridized carbons (Fsp3) is 0.120. The summed E-state index contributed by atoms with van der Waals surface area (Å²) in [6, 6.07) is 29.5. The average Bonchev–Trinajstić information content (AvgIpc) is 3.16. The summed E-state index contributed by atoms with van der Waals surface area (Å²) in [5.74, 6) is 0.164. The van der Waals surface area contributed by atoms with E-state index in [-0.39, 0.29) is 11.8 Å². The SMILES string of the molecule is N#CC1=C2Oc3ccccc3N2C(=O)[C@H](Cc2ccccc2)[C@@H]1c1ccccc1. The second-order valence-electron chi connectivity index (χ2n) is 7.26. The Bertz CT molecular complexity index is 1150. The van der Waals surface area contributed by atoms with Crippen LogP contribution in [0.4, 0.5) is 5.69 Å². The predicted octanol–water partition coefficient (Wildman–Crippen LogP) is 4.80. The molecule has 4 heteroatoms. The second kappa shape index (κ2) is 6.96. The molecule has 5 rings (SSSR count). The minimum atomic E-state index is -0.395. The number of benzene rings is 3. The summed E-state index contributed by atoms with van der Waals surface area (Å²) >= 11 is 0. The van der Waals surface area contributed by atoms with Crippen LogP contribution in [-0.2, 0) is 11.2 Å². The highest BCUT2D eigenvalue weighted by Crippen LogP contribution is 2.49. The van der Waals surface area contributed by atoms with Crippen LogP contribution < -0.4 is 9.64 Å². The number of carbonyl (C=O) groups is 1. The van der Waals surface area contributed by atoms with Gasteiger partial charge in [-0.3, -0.25) is 4.79 Å². The maximum absolute atomic E-state index is 13.7. The van der Waals surface area contributed by atoms with Crippen LogP contribution in [0.2, 0.25) is 0 Å². The van der Waals surface area contributed by atoms with Crippen LogP contribution in [-0.4, -0.2) is 5.91 Å². The summed E-state index contributed by atoms with van der Waals surface area (Å²) in [6.45, 7) is 0. The fourth-order valence-corrected chi connectivity index (χ4v) is 4.27. The fourth-order valence-electron chi connectivity index (χ4n) is 4.27. The third kappa shape index (κ3) is 2.79. The van der Waals surface area contributed by atoms with E-state index in [1.165, 1.54) is 0 Å². The Kier molecular flexibility index (Phi) is 4.14. The molecule has 29 heavy (non-hydrogen) atoms. The largest absolute Gasteiger partial charge is 0.437 e. The molecular formula is C25H18N2O2. The van der Waals surface area contributed by atoms with Crippen LogP contribution in [0.15, 0.2) is 96.4 Å². The molecule has 4 nitrogen and oxygen atoms in total. The molecule has 1 amide bonds. The molecule has 0 N–H and O–H groups in total. The summed E-state index contributed by atoms with van der Waals surface area (Å²) in [7, 11) is 0. The molecule has 2 heterocycles. The molecule has 0 radical (unpaired) electrons. The molecule has 3 aromatic rings. The van der Waals surface area contributed by atoms with Crippen molar-refractivity contribution in [2.24, 2.45) is 5.92 Å². The van der Waals surface area contributed by atoms with E-state index in [0.29, 0.717) is 29.3 Å². The highest BCUT2D eigenvalue weighted by molar-refractivity contribution is 6.03. The molecule has 2 atom stereocenters. The van der Waals surface area contributed by atoms with Crippen molar-refractivity contribution in [2.45, 2.75) is 12.3 Å². The highest BCUT2D eigenvalue weighted by atomic mass is 16.5. The van der Waals surface area contributed by atoms with Crippen molar-refractivity contribution in [1.82, 2.24) is 0 Å². The monoisotopic (exact) mass is 378 g/mol. The molecule has 0 aromatic heterocycles. The smallest absolute Gasteiger partial charge is 0.238 e. The van der Waals surface area contributed by atoms with Crippen molar-refractivity contribution in [1.29, 1.82) is 5.26 Å². The average molecular weight is 378 g/mol. The number of hydrogen-bond acceptors (Lipinski definition) is 3. The van der Waals surface area contributed by atoms with Gasteiger partial charge in [-0.25, -0.2) is 4.90 Å². The van der Waals surface area contributed by atoms with Crippen LogP contribution in [0.5, 0.6) is 5.75 Å². The van der Waals surface area contributed by atoms with Crippen molar-refractivity contribution in [3.8, 4) is 11.8 Å². The predicted molar refractivity (Wildman–Crippen MR) is 110 cm³/mol. The van der Waals surface area contributed by atoms with Gasteiger partial charge in [0.05, 0.1) is 17.2 Å². The minimum absolute atomic E-state index is 0.0401. The molecule has 3 aromatic carbocycles. The van der Waals surface area contributed by atoms with Crippen molar-refractivity contribution >= 4 is 11.6 Å². The number of amides is 1. The number of rotatable bonds is 3. The first-order valence-corrected chi connectivity index (χ1v) is 9.62. The lowest BCUT2D eigenvalue weighted by Gasteiger charge is -2.35. The summed E-state index contributed by atoms with van der Waals surface area (Å²) < 4.78 is 6.00. The number of carbonyl (C=O) groups excluding carboxylic acids is 1. The zero-order valence-electron chi connectivity index (χ0n) is 15.7. The highest BCUT2D eigenvalue weighted by Gasteiger charge is 2.48. The summed E-state index contributed by atoms with van der Waals surface area (Å²) in [5.41, 5.74) is 3.21. The first kappa shape index (κ1) is 17.3. The van der Waals surface area contributed by atoms with E-state index >= 15 is 0 Å². The van der Waals surface area contributed by atoms with Gasteiger partial charge in [0.1, 0.15) is 6.07 Å². The van der Waals surface area contributed by atoms with Crippen molar-refractivity contribution in [3.05, 3.63) is 108 Å². The maximum atomic E-state index is 13.7. The lowest BCUT2D eigenvalue weighted by Crippen LogP contribution is -2.44. The molecule has 140 valence electrons. The van der Waals surface area contributed by atoms with E-state index in [9.17, 15) is 10.1 Å². The molecule has 2 aliphatic heterocycles. The number of para-hydroxylation sites is 2. The molecule has 0 saturated heterocycles.